The molecule has 8 atom stereocenters. The highest BCUT2D eigenvalue weighted by atomic mass is 16.7. The third-order valence-electron chi connectivity index (χ3n) is 5.04. The lowest BCUT2D eigenvalue weighted by Crippen LogP contribution is -2.62. The van der Waals surface area contributed by atoms with Crippen LogP contribution < -0.4 is 0 Å². The highest BCUT2D eigenvalue weighted by molar-refractivity contribution is 5.68. The fourth-order valence-electron chi connectivity index (χ4n) is 3.72. The van der Waals surface area contributed by atoms with Crippen molar-refractivity contribution in [3.8, 4) is 0 Å². The number of rotatable bonds is 10. The lowest BCUT2D eigenvalue weighted by Gasteiger charge is -2.44. The summed E-state index contributed by atoms with van der Waals surface area (Å²) in [5.41, 5.74) is 0. The Labute approximate surface area is 213 Å². The van der Waals surface area contributed by atoms with Gasteiger partial charge >= 0.3 is 29.8 Å². The second kappa shape index (κ2) is 14.0. The Morgan fingerprint density at radius 3 is 1.76 bits per heavy atom. The molecule has 2 rings (SSSR count). The molecular weight excluding hydrogens is 500 g/mol. The minimum Gasteiger partial charge on any atom is -0.463 e. The average Bonchev–Trinajstić information content (AvgIpc) is 2.79. The molecule has 0 aromatic carbocycles. The van der Waals surface area contributed by atoms with Crippen molar-refractivity contribution in [2.24, 2.45) is 0 Å². The third-order valence-corrected chi connectivity index (χ3v) is 5.04. The quantitative estimate of drug-likeness (QED) is 0.208. The molecule has 0 radical (unpaired) electrons. The minimum absolute atomic E-state index is 0.210. The lowest BCUT2D eigenvalue weighted by molar-refractivity contribution is -0.309. The van der Waals surface area contributed by atoms with Crippen LogP contribution in [0, 0.1) is 0 Å². The Balaban J connectivity index is 2.22. The average molecular weight is 532 g/mol. The van der Waals surface area contributed by atoms with Crippen LogP contribution in [0.4, 0.5) is 0 Å². The number of carbonyl (C=O) groups excluding carboxylic acids is 5. The van der Waals surface area contributed by atoms with Gasteiger partial charge in [0.2, 0.25) is 0 Å². The zero-order valence-electron chi connectivity index (χ0n) is 21.4. The van der Waals surface area contributed by atoms with E-state index in [4.69, 9.17) is 42.6 Å². The second-order valence-corrected chi connectivity index (χ2v) is 8.14. The molecule has 0 N–H and O–H groups in total. The summed E-state index contributed by atoms with van der Waals surface area (Å²) in [4.78, 5) is 58.0. The van der Waals surface area contributed by atoms with E-state index in [-0.39, 0.29) is 13.2 Å². The first kappa shape index (κ1) is 30.2. The first-order chi connectivity index (χ1) is 17.4. The number of hydrogen-bond donors (Lipinski definition) is 0. The zero-order valence-corrected chi connectivity index (χ0v) is 21.4. The molecule has 0 spiro atoms. The van der Waals surface area contributed by atoms with E-state index in [0.717, 1.165) is 20.8 Å². The Morgan fingerprint density at radius 2 is 1.22 bits per heavy atom. The van der Waals surface area contributed by atoms with E-state index >= 15 is 0 Å². The first-order valence-electron chi connectivity index (χ1n) is 11.4. The first-order valence-corrected chi connectivity index (χ1v) is 11.4. The van der Waals surface area contributed by atoms with Gasteiger partial charge in [0.25, 0.3) is 0 Å². The summed E-state index contributed by atoms with van der Waals surface area (Å²) >= 11 is 0. The maximum absolute atomic E-state index is 11.9. The predicted octanol–water partition coefficient (Wildman–Crippen LogP) is -0.0547. The molecule has 1 fully saturated rings. The third kappa shape index (κ3) is 9.39. The Morgan fingerprint density at radius 1 is 0.649 bits per heavy atom. The number of hydrogen-bond acceptors (Lipinski definition) is 14. The smallest absolute Gasteiger partial charge is 0.303 e. The van der Waals surface area contributed by atoms with Gasteiger partial charge in [-0.1, -0.05) is 0 Å². The fourth-order valence-corrected chi connectivity index (χ4v) is 3.72. The summed E-state index contributed by atoms with van der Waals surface area (Å²) in [5, 5.41) is 0. The van der Waals surface area contributed by atoms with Gasteiger partial charge in [0.15, 0.2) is 30.9 Å². The molecule has 0 saturated carbocycles. The van der Waals surface area contributed by atoms with E-state index in [2.05, 4.69) is 0 Å². The molecule has 2 aliphatic rings. The standard InChI is InChI=1S/C23H32O14/c1-11(24)30-9-17-16(32-12(2)25)7-8-19(36-17)31-10-18-20(33-13(3)26)21(34-14(4)27)22(35-15(5)28)23(29-6)37-18/h7-8,16-23H,9-10H2,1-6H3/t16-,17+,18+,19-,20+,21-,22+,23-/m0/s1. The van der Waals surface area contributed by atoms with Crippen LogP contribution in [0.25, 0.3) is 0 Å². The van der Waals surface area contributed by atoms with E-state index in [9.17, 15) is 24.0 Å². The molecule has 2 aliphatic heterocycles. The molecule has 0 aromatic rings. The van der Waals surface area contributed by atoms with Gasteiger partial charge in [-0.25, -0.2) is 0 Å². The van der Waals surface area contributed by atoms with Crippen LogP contribution in [-0.4, -0.2) is 99.4 Å². The van der Waals surface area contributed by atoms with Crippen LogP contribution >= 0.6 is 0 Å². The van der Waals surface area contributed by atoms with Crippen molar-refractivity contribution < 1.29 is 66.6 Å². The van der Waals surface area contributed by atoms with E-state index < -0.39 is 79.1 Å². The van der Waals surface area contributed by atoms with Gasteiger partial charge in [-0.2, -0.15) is 0 Å². The van der Waals surface area contributed by atoms with Gasteiger partial charge in [0.1, 0.15) is 24.9 Å². The lowest BCUT2D eigenvalue weighted by atomic mass is 9.98. The van der Waals surface area contributed by atoms with Gasteiger partial charge in [0, 0.05) is 41.7 Å². The van der Waals surface area contributed by atoms with Gasteiger partial charge in [0.05, 0.1) is 6.61 Å². The van der Waals surface area contributed by atoms with E-state index in [1.165, 1.54) is 33.1 Å². The minimum atomic E-state index is -1.27. The molecule has 1 saturated heterocycles. The van der Waals surface area contributed by atoms with E-state index in [0.29, 0.717) is 0 Å². The van der Waals surface area contributed by atoms with Crippen molar-refractivity contribution in [1.29, 1.82) is 0 Å². The van der Waals surface area contributed by atoms with Crippen molar-refractivity contribution >= 4 is 29.8 Å². The van der Waals surface area contributed by atoms with Gasteiger partial charge in [-0.3, -0.25) is 24.0 Å². The van der Waals surface area contributed by atoms with Crippen LogP contribution in [0.15, 0.2) is 12.2 Å². The topological polar surface area (TPSA) is 168 Å². The molecule has 0 unspecified atom stereocenters. The largest absolute Gasteiger partial charge is 0.463 e. The van der Waals surface area contributed by atoms with Crippen molar-refractivity contribution in [2.75, 3.05) is 20.3 Å². The molecule has 0 amide bonds. The molecule has 0 bridgehead atoms. The summed E-state index contributed by atoms with van der Waals surface area (Å²) in [6.45, 7) is 5.40. The fraction of sp³-hybridized carbons (Fsp3) is 0.696. The highest BCUT2D eigenvalue weighted by Crippen LogP contribution is 2.30. The number of carbonyl (C=O) groups is 5. The summed E-state index contributed by atoms with van der Waals surface area (Å²) in [5.74, 6) is -3.26. The zero-order chi connectivity index (χ0) is 27.7. The van der Waals surface area contributed by atoms with Crippen molar-refractivity contribution in [1.82, 2.24) is 0 Å². The summed E-state index contributed by atoms with van der Waals surface area (Å²) < 4.78 is 48.8. The number of methoxy groups -OCH3 is 1. The van der Waals surface area contributed by atoms with Gasteiger partial charge in [-0.05, 0) is 12.2 Å². The van der Waals surface area contributed by atoms with Crippen LogP contribution in [0.5, 0.6) is 0 Å². The maximum atomic E-state index is 11.9. The van der Waals surface area contributed by atoms with Gasteiger partial charge in [-0.15, -0.1) is 0 Å². The Hall–Kier alpha value is -3.07. The number of esters is 5. The van der Waals surface area contributed by atoms with Crippen molar-refractivity contribution in [3.63, 3.8) is 0 Å². The van der Waals surface area contributed by atoms with Crippen LogP contribution in [0.1, 0.15) is 34.6 Å². The summed E-state index contributed by atoms with van der Waals surface area (Å²) in [6, 6.07) is 0. The highest BCUT2D eigenvalue weighted by Gasteiger charge is 2.52. The molecule has 37 heavy (non-hydrogen) atoms. The van der Waals surface area contributed by atoms with Crippen LogP contribution in [0.3, 0.4) is 0 Å². The predicted molar refractivity (Wildman–Crippen MR) is 118 cm³/mol. The molecular formula is C23H32O14. The molecule has 0 aliphatic carbocycles. The Kier molecular flexibility index (Phi) is 11.4. The summed E-state index contributed by atoms with van der Waals surface area (Å²) in [7, 11) is 1.29. The van der Waals surface area contributed by atoms with E-state index in [1.54, 1.807) is 0 Å². The molecule has 0 aromatic heterocycles. The van der Waals surface area contributed by atoms with Crippen LogP contribution in [0.2, 0.25) is 0 Å². The maximum Gasteiger partial charge on any atom is 0.303 e. The van der Waals surface area contributed by atoms with Gasteiger partial charge < -0.3 is 42.6 Å². The SMILES string of the molecule is CO[C@H]1O[C@H](CO[C@@H]2C=C[C@H](OC(C)=O)[C@@H](COC(C)=O)O2)[C@@H](OC(C)=O)[C@H](OC(C)=O)[C@H]1OC(C)=O. The normalized spacial score (nSPS) is 31.1. The molecule has 14 heteroatoms. The Bertz CT molecular complexity index is 870. The van der Waals surface area contributed by atoms with Crippen molar-refractivity contribution in [2.45, 2.75) is 83.8 Å². The monoisotopic (exact) mass is 532 g/mol. The molecule has 2 heterocycles. The van der Waals surface area contributed by atoms with E-state index in [1.807, 2.05) is 0 Å². The second-order valence-electron chi connectivity index (χ2n) is 8.14. The van der Waals surface area contributed by atoms with Crippen molar-refractivity contribution in [3.05, 3.63) is 12.2 Å². The number of ether oxygens (including phenoxy) is 9. The van der Waals surface area contributed by atoms with Crippen LogP contribution in [-0.2, 0) is 66.6 Å². The summed E-state index contributed by atoms with van der Waals surface area (Å²) in [6.07, 6.45) is -5.71. The molecule has 208 valence electrons. The molecule has 14 nitrogen and oxygen atoms in total.